The number of aliphatic hydroxyl groups excluding tert-OH is 2. The van der Waals surface area contributed by atoms with Crippen LogP contribution in [0.4, 0.5) is 0 Å². The second-order valence-corrected chi connectivity index (χ2v) is 19.6. The van der Waals surface area contributed by atoms with Gasteiger partial charge in [-0.25, -0.2) is 0 Å². The summed E-state index contributed by atoms with van der Waals surface area (Å²) in [5.41, 5.74) is 0. The lowest BCUT2D eigenvalue weighted by atomic mass is 10.0. The third-order valence-electron chi connectivity index (χ3n) is 13.1. The molecule has 0 aromatic rings. The predicted octanol–water partition coefficient (Wildman–Crippen LogP) is 17.8. The summed E-state index contributed by atoms with van der Waals surface area (Å²) in [5.74, 6) is -0.0893. The van der Waals surface area contributed by atoms with Crippen LogP contribution in [0.1, 0.15) is 296 Å². The highest BCUT2D eigenvalue weighted by Gasteiger charge is 2.18. The van der Waals surface area contributed by atoms with Gasteiger partial charge >= 0.3 is 5.97 Å². The molecule has 386 valence electrons. The summed E-state index contributed by atoms with van der Waals surface area (Å²) in [5, 5.41) is 23.1. The summed E-state index contributed by atoms with van der Waals surface area (Å²) >= 11 is 0. The van der Waals surface area contributed by atoms with Crippen molar-refractivity contribution in [1.82, 2.24) is 5.32 Å². The van der Waals surface area contributed by atoms with Crippen LogP contribution in [0.25, 0.3) is 0 Å². The van der Waals surface area contributed by atoms with E-state index in [0.717, 1.165) is 64.2 Å². The number of amides is 1. The van der Waals surface area contributed by atoms with E-state index in [1.54, 1.807) is 6.08 Å². The first-order valence-corrected chi connectivity index (χ1v) is 28.9. The smallest absolute Gasteiger partial charge is 0.305 e. The maximum Gasteiger partial charge on any atom is 0.305 e. The second kappa shape index (κ2) is 55.4. The van der Waals surface area contributed by atoms with Crippen LogP contribution in [-0.2, 0) is 14.3 Å². The molecular weight excluding hydrogens is 815 g/mol. The van der Waals surface area contributed by atoms with Gasteiger partial charge in [-0.1, -0.05) is 242 Å². The van der Waals surface area contributed by atoms with Crippen molar-refractivity contribution in [3.63, 3.8) is 0 Å². The molecule has 0 fully saturated rings. The van der Waals surface area contributed by atoms with Crippen molar-refractivity contribution >= 4 is 11.9 Å². The van der Waals surface area contributed by atoms with Gasteiger partial charge in [0, 0.05) is 12.8 Å². The van der Waals surface area contributed by atoms with Crippen molar-refractivity contribution in [3.8, 4) is 0 Å². The Morgan fingerprint density at radius 2 is 0.758 bits per heavy atom. The van der Waals surface area contributed by atoms with Gasteiger partial charge < -0.3 is 20.3 Å². The topological polar surface area (TPSA) is 95.9 Å². The Balaban J connectivity index is 3.47. The first-order valence-electron chi connectivity index (χ1n) is 28.9. The van der Waals surface area contributed by atoms with Crippen LogP contribution in [0.2, 0.25) is 0 Å². The fourth-order valence-corrected chi connectivity index (χ4v) is 8.60. The standard InChI is InChI=1S/C60H111NO5/c1-3-5-7-9-11-13-15-17-19-26-30-34-38-42-46-50-54-60(65)66-55-51-47-43-39-35-31-27-24-22-20-21-23-25-29-33-37-41-45-49-53-59(64)61-57(56-62)58(63)52-48-44-40-36-32-28-18-16-14-12-10-8-6-4-2/h13,15,19-21,26,48,52,57-58,62-63H,3-12,14,16-18,22-25,27-47,49-51,53-56H2,1-2H3,(H,61,64)/b15-13-,21-20-,26-19-,52-48+. The zero-order chi connectivity index (χ0) is 47.9. The number of ether oxygens (including phenoxy) is 1. The highest BCUT2D eigenvalue weighted by atomic mass is 16.5. The van der Waals surface area contributed by atoms with Crippen LogP contribution in [-0.4, -0.2) is 47.4 Å². The summed E-state index contributed by atoms with van der Waals surface area (Å²) in [4.78, 5) is 24.5. The summed E-state index contributed by atoms with van der Waals surface area (Å²) in [7, 11) is 0. The minimum absolute atomic E-state index is 0.0108. The Bertz CT molecular complexity index is 1110. The number of rotatable bonds is 53. The largest absolute Gasteiger partial charge is 0.466 e. The summed E-state index contributed by atoms with van der Waals surface area (Å²) in [6.45, 7) is 4.86. The molecule has 0 saturated carbocycles. The molecule has 0 aliphatic heterocycles. The second-order valence-electron chi connectivity index (χ2n) is 19.6. The van der Waals surface area contributed by atoms with Gasteiger partial charge in [0.25, 0.3) is 0 Å². The lowest BCUT2D eigenvalue weighted by Gasteiger charge is -2.20. The van der Waals surface area contributed by atoms with Gasteiger partial charge in [0.05, 0.1) is 25.4 Å². The van der Waals surface area contributed by atoms with Crippen molar-refractivity contribution in [1.29, 1.82) is 0 Å². The Labute approximate surface area is 410 Å². The maximum absolute atomic E-state index is 12.4. The van der Waals surface area contributed by atoms with E-state index in [-0.39, 0.29) is 18.5 Å². The van der Waals surface area contributed by atoms with Gasteiger partial charge in [-0.15, -0.1) is 0 Å². The van der Waals surface area contributed by atoms with Gasteiger partial charge in [0.2, 0.25) is 5.91 Å². The first kappa shape index (κ1) is 63.8. The fraction of sp³-hybridized carbons (Fsp3) is 0.833. The van der Waals surface area contributed by atoms with Crippen LogP contribution < -0.4 is 5.32 Å². The van der Waals surface area contributed by atoms with E-state index in [4.69, 9.17) is 4.74 Å². The van der Waals surface area contributed by atoms with Gasteiger partial charge in [-0.05, 0) is 89.9 Å². The number of carbonyl (C=O) groups is 2. The first-order chi connectivity index (χ1) is 32.5. The molecular formula is C60H111NO5. The van der Waals surface area contributed by atoms with Gasteiger partial charge in [-0.3, -0.25) is 9.59 Å². The lowest BCUT2D eigenvalue weighted by molar-refractivity contribution is -0.143. The zero-order valence-corrected chi connectivity index (χ0v) is 43.9. The Kier molecular flexibility index (Phi) is 53.6. The van der Waals surface area contributed by atoms with Crippen LogP contribution in [0.5, 0.6) is 0 Å². The number of nitrogens with one attached hydrogen (secondary N) is 1. The number of esters is 1. The molecule has 0 rings (SSSR count). The van der Waals surface area contributed by atoms with Crippen LogP contribution >= 0.6 is 0 Å². The highest BCUT2D eigenvalue weighted by Crippen LogP contribution is 2.15. The summed E-state index contributed by atoms with van der Waals surface area (Å²) in [6, 6.07) is -0.636. The molecule has 0 saturated heterocycles. The van der Waals surface area contributed by atoms with Gasteiger partial charge in [0.15, 0.2) is 0 Å². The van der Waals surface area contributed by atoms with Crippen LogP contribution in [0, 0.1) is 0 Å². The molecule has 0 aliphatic carbocycles. The molecule has 0 aromatic carbocycles. The Hall–Kier alpha value is -2.18. The maximum atomic E-state index is 12.4. The lowest BCUT2D eigenvalue weighted by Crippen LogP contribution is -2.45. The van der Waals surface area contributed by atoms with E-state index in [0.29, 0.717) is 19.4 Å². The summed E-state index contributed by atoms with van der Waals surface area (Å²) in [6.07, 6.45) is 69.8. The Morgan fingerprint density at radius 3 is 1.18 bits per heavy atom. The normalized spacial score (nSPS) is 13.0. The molecule has 0 aromatic heterocycles. The van der Waals surface area contributed by atoms with Crippen LogP contribution in [0.15, 0.2) is 48.6 Å². The zero-order valence-electron chi connectivity index (χ0n) is 43.9. The van der Waals surface area contributed by atoms with E-state index in [1.807, 2.05) is 6.08 Å². The molecule has 0 aliphatic rings. The van der Waals surface area contributed by atoms with Crippen LogP contribution in [0.3, 0.4) is 0 Å². The van der Waals surface area contributed by atoms with E-state index in [1.165, 1.54) is 205 Å². The molecule has 0 heterocycles. The minimum atomic E-state index is -0.851. The quantitative estimate of drug-likeness (QED) is 0.0321. The molecule has 0 bridgehead atoms. The minimum Gasteiger partial charge on any atom is -0.466 e. The molecule has 1 amide bonds. The number of hydrogen-bond acceptors (Lipinski definition) is 5. The monoisotopic (exact) mass is 926 g/mol. The van der Waals surface area contributed by atoms with Crippen molar-refractivity contribution in [2.24, 2.45) is 0 Å². The third kappa shape index (κ3) is 51.2. The van der Waals surface area contributed by atoms with Gasteiger partial charge in [-0.2, -0.15) is 0 Å². The Morgan fingerprint density at radius 1 is 0.424 bits per heavy atom. The number of hydrogen-bond donors (Lipinski definition) is 3. The van der Waals surface area contributed by atoms with E-state index < -0.39 is 12.1 Å². The highest BCUT2D eigenvalue weighted by molar-refractivity contribution is 5.76. The average Bonchev–Trinajstić information content (AvgIpc) is 3.32. The molecule has 6 heteroatoms. The molecule has 3 N–H and O–H groups in total. The number of unbranched alkanes of at least 4 members (excludes halogenated alkanes) is 36. The molecule has 0 radical (unpaired) electrons. The number of carbonyl (C=O) groups excluding carboxylic acids is 2. The fourth-order valence-electron chi connectivity index (χ4n) is 8.60. The van der Waals surface area contributed by atoms with E-state index in [2.05, 4.69) is 55.6 Å². The predicted molar refractivity (Wildman–Crippen MR) is 287 cm³/mol. The molecule has 2 atom stereocenters. The average molecular weight is 927 g/mol. The van der Waals surface area contributed by atoms with Crippen molar-refractivity contribution < 1.29 is 24.5 Å². The van der Waals surface area contributed by atoms with E-state index >= 15 is 0 Å². The van der Waals surface area contributed by atoms with Crippen molar-refractivity contribution in [2.75, 3.05) is 13.2 Å². The third-order valence-corrected chi connectivity index (χ3v) is 13.1. The molecule has 6 nitrogen and oxygen atoms in total. The molecule has 0 spiro atoms. The van der Waals surface area contributed by atoms with Crippen molar-refractivity contribution in [3.05, 3.63) is 48.6 Å². The SMILES string of the molecule is CCCCCC/C=C\C/C=C\CCCCCCCC(=O)OCCCCCCCCCC/C=C\CCCCCCCCCC(=O)NC(CO)C(O)/C=C/CCCCCCCCCCCCCC. The van der Waals surface area contributed by atoms with Crippen molar-refractivity contribution in [2.45, 2.75) is 309 Å². The summed E-state index contributed by atoms with van der Waals surface area (Å²) < 4.78 is 5.47. The molecule has 66 heavy (non-hydrogen) atoms. The van der Waals surface area contributed by atoms with Gasteiger partial charge in [0.1, 0.15) is 0 Å². The number of allylic oxidation sites excluding steroid dienone is 7. The number of aliphatic hydroxyl groups is 2. The molecule has 2 unspecified atom stereocenters. The van der Waals surface area contributed by atoms with E-state index in [9.17, 15) is 19.8 Å².